The lowest BCUT2D eigenvalue weighted by molar-refractivity contribution is -0.140. The van der Waals surface area contributed by atoms with E-state index in [9.17, 15) is 14.7 Å². The van der Waals surface area contributed by atoms with Gasteiger partial charge in [-0.05, 0) is 69.4 Å². The van der Waals surface area contributed by atoms with Gasteiger partial charge in [-0.25, -0.2) is 0 Å². The molecule has 0 saturated carbocycles. The number of nitrogens with zero attached hydrogens (tertiary/aromatic N) is 2. The molecule has 1 saturated heterocycles. The van der Waals surface area contributed by atoms with Gasteiger partial charge in [0.1, 0.15) is 23.0 Å². The Kier molecular flexibility index (Phi) is 8.98. The number of methoxy groups -OCH3 is 2. The van der Waals surface area contributed by atoms with E-state index >= 15 is 0 Å². The SMILES string of the molecule is COc1ccc([C@@H]2C(=C(O)c3ccc(OCC(C)C)cc3)C(=O)C(=O)N2CCCN(C)C)c(OC)c1. The van der Waals surface area contributed by atoms with Crippen LogP contribution in [-0.4, -0.2) is 74.6 Å². The van der Waals surface area contributed by atoms with Crippen LogP contribution in [0.25, 0.3) is 5.76 Å². The van der Waals surface area contributed by atoms with Crippen molar-refractivity contribution in [1.29, 1.82) is 0 Å². The first-order valence-electron chi connectivity index (χ1n) is 12.1. The van der Waals surface area contributed by atoms with E-state index in [1.165, 1.54) is 12.0 Å². The molecule has 0 aromatic heterocycles. The third kappa shape index (κ3) is 5.99. The number of aliphatic hydroxyl groups excluding tert-OH is 1. The molecule has 1 heterocycles. The highest BCUT2D eigenvalue weighted by molar-refractivity contribution is 6.46. The molecule has 3 rings (SSSR count). The van der Waals surface area contributed by atoms with E-state index in [2.05, 4.69) is 13.8 Å². The molecule has 0 spiro atoms. The maximum atomic E-state index is 13.3. The minimum absolute atomic E-state index is 0.0316. The van der Waals surface area contributed by atoms with Crippen molar-refractivity contribution in [2.45, 2.75) is 26.3 Å². The molecular weight excluding hydrogens is 460 g/mol. The monoisotopic (exact) mass is 496 g/mol. The molecule has 0 radical (unpaired) electrons. The van der Waals surface area contributed by atoms with E-state index in [0.29, 0.717) is 53.9 Å². The van der Waals surface area contributed by atoms with Crippen LogP contribution in [0, 0.1) is 5.92 Å². The molecule has 2 aromatic rings. The van der Waals surface area contributed by atoms with Crippen molar-refractivity contribution < 1.29 is 28.9 Å². The summed E-state index contributed by atoms with van der Waals surface area (Å²) in [5.41, 5.74) is 1.06. The van der Waals surface area contributed by atoms with Gasteiger partial charge in [0.15, 0.2) is 0 Å². The molecule has 8 heteroatoms. The summed E-state index contributed by atoms with van der Waals surface area (Å²) in [7, 11) is 6.97. The van der Waals surface area contributed by atoms with Crippen LogP contribution in [-0.2, 0) is 9.59 Å². The topological polar surface area (TPSA) is 88.5 Å². The van der Waals surface area contributed by atoms with Crippen molar-refractivity contribution >= 4 is 17.4 Å². The van der Waals surface area contributed by atoms with Crippen LogP contribution in [0.4, 0.5) is 0 Å². The van der Waals surface area contributed by atoms with Crippen LogP contribution in [0.1, 0.15) is 37.4 Å². The summed E-state index contributed by atoms with van der Waals surface area (Å²) in [5.74, 6) is 0.482. The Balaban J connectivity index is 2.08. The van der Waals surface area contributed by atoms with Gasteiger partial charge < -0.3 is 29.1 Å². The standard InChI is InChI=1S/C28H36N2O6/c1-18(2)17-36-20-10-8-19(9-11-20)26(31)24-25(22-13-12-21(34-5)16-23(22)35-6)30(28(33)27(24)32)15-7-14-29(3)4/h8-13,16,18,25,31H,7,14-15,17H2,1-6H3/t25-/m1/s1. The second-order valence-electron chi connectivity index (χ2n) is 9.49. The first kappa shape index (κ1) is 27.1. The molecule has 194 valence electrons. The summed E-state index contributed by atoms with van der Waals surface area (Å²) in [6, 6.07) is 11.3. The third-order valence-corrected chi connectivity index (χ3v) is 5.99. The van der Waals surface area contributed by atoms with Crippen LogP contribution < -0.4 is 14.2 Å². The van der Waals surface area contributed by atoms with Crippen LogP contribution in [0.3, 0.4) is 0 Å². The lowest BCUT2D eigenvalue weighted by Gasteiger charge is -2.27. The van der Waals surface area contributed by atoms with Gasteiger partial charge >= 0.3 is 0 Å². The summed E-state index contributed by atoms with van der Waals surface area (Å²) in [6.45, 7) is 5.78. The molecule has 1 aliphatic heterocycles. The minimum Gasteiger partial charge on any atom is -0.507 e. The molecule has 2 aromatic carbocycles. The fourth-order valence-corrected chi connectivity index (χ4v) is 4.16. The zero-order valence-electron chi connectivity index (χ0n) is 21.9. The summed E-state index contributed by atoms with van der Waals surface area (Å²) < 4.78 is 16.6. The number of carbonyl (C=O) groups is 2. The van der Waals surface area contributed by atoms with Crippen LogP contribution in [0.2, 0.25) is 0 Å². The number of rotatable bonds is 11. The number of likely N-dealkylation sites (tertiary alicyclic amines) is 1. The van der Waals surface area contributed by atoms with Gasteiger partial charge in [-0.2, -0.15) is 0 Å². The van der Waals surface area contributed by atoms with Gasteiger partial charge in [-0.3, -0.25) is 9.59 Å². The molecule has 0 bridgehead atoms. The molecule has 1 aliphatic rings. The number of carbonyl (C=O) groups excluding carboxylic acids is 2. The van der Waals surface area contributed by atoms with Crippen molar-refractivity contribution in [3.63, 3.8) is 0 Å². The van der Waals surface area contributed by atoms with Gasteiger partial charge in [-0.15, -0.1) is 0 Å². The number of ketones is 1. The minimum atomic E-state index is -0.801. The molecule has 0 aliphatic carbocycles. The maximum absolute atomic E-state index is 13.3. The van der Waals surface area contributed by atoms with Gasteiger partial charge in [0.2, 0.25) is 0 Å². The molecular formula is C28H36N2O6. The Morgan fingerprint density at radius 3 is 2.28 bits per heavy atom. The van der Waals surface area contributed by atoms with E-state index in [1.54, 1.807) is 49.6 Å². The molecule has 1 amide bonds. The fourth-order valence-electron chi connectivity index (χ4n) is 4.16. The first-order valence-corrected chi connectivity index (χ1v) is 12.1. The molecule has 1 fully saturated rings. The third-order valence-electron chi connectivity index (χ3n) is 5.99. The molecule has 1 N–H and O–H groups in total. The number of hydrogen-bond donors (Lipinski definition) is 1. The molecule has 36 heavy (non-hydrogen) atoms. The van der Waals surface area contributed by atoms with E-state index in [4.69, 9.17) is 14.2 Å². The quantitative estimate of drug-likeness (QED) is 0.285. The molecule has 1 atom stereocenters. The number of benzene rings is 2. The Hall–Kier alpha value is -3.52. The van der Waals surface area contributed by atoms with Crippen LogP contribution in [0.5, 0.6) is 17.2 Å². The Morgan fingerprint density at radius 2 is 1.69 bits per heavy atom. The second-order valence-corrected chi connectivity index (χ2v) is 9.49. The van der Waals surface area contributed by atoms with Gasteiger partial charge in [0.05, 0.1) is 32.4 Å². The molecule has 8 nitrogen and oxygen atoms in total. The number of ether oxygens (including phenoxy) is 3. The maximum Gasteiger partial charge on any atom is 0.295 e. The zero-order chi connectivity index (χ0) is 26.4. The van der Waals surface area contributed by atoms with Crippen molar-refractivity contribution in [1.82, 2.24) is 9.80 Å². The van der Waals surface area contributed by atoms with Crippen molar-refractivity contribution in [3.8, 4) is 17.2 Å². The van der Waals surface area contributed by atoms with Crippen molar-refractivity contribution in [2.75, 3.05) is 48.0 Å². The number of amides is 1. The number of aliphatic hydroxyl groups is 1. The zero-order valence-corrected chi connectivity index (χ0v) is 21.9. The summed E-state index contributed by atoms with van der Waals surface area (Å²) in [4.78, 5) is 30.0. The van der Waals surface area contributed by atoms with Gasteiger partial charge in [-0.1, -0.05) is 13.8 Å². The summed E-state index contributed by atoms with van der Waals surface area (Å²) in [5, 5.41) is 11.3. The predicted octanol–water partition coefficient (Wildman–Crippen LogP) is 4.11. The smallest absolute Gasteiger partial charge is 0.295 e. The van der Waals surface area contributed by atoms with E-state index in [-0.39, 0.29) is 11.3 Å². The number of Topliss-reactive ketones (excluding diaryl/α,β-unsaturated/α-hetero) is 1. The lowest BCUT2D eigenvalue weighted by atomic mass is 9.94. The van der Waals surface area contributed by atoms with E-state index in [1.807, 2.05) is 19.0 Å². The first-order chi connectivity index (χ1) is 17.2. The highest BCUT2D eigenvalue weighted by Gasteiger charge is 2.46. The number of hydrogen-bond acceptors (Lipinski definition) is 7. The summed E-state index contributed by atoms with van der Waals surface area (Å²) >= 11 is 0. The van der Waals surface area contributed by atoms with Gasteiger partial charge in [0.25, 0.3) is 11.7 Å². The largest absolute Gasteiger partial charge is 0.507 e. The second kappa shape index (κ2) is 11.9. The Bertz CT molecular complexity index is 1110. The van der Waals surface area contributed by atoms with Crippen LogP contribution >= 0.6 is 0 Å². The van der Waals surface area contributed by atoms with E-state index < -0.39 is 17.7 Å². The average molecular weight is 497 g/mol. The summed E-state index contributed by atoms with van der Waals surface area (Å²) in [6.07, 6.45) is 0.664. The fraction of sp³-hybridized carbons (Fsp3) is 0.429. The average Bonchev–Trinajstić information content (AvgIpc) is 3.11. The Labute approximate surface area is 213 Å². The Morgan fingerprint density at radius 1 is 1.03 bits per heavy atom. The lowest BCUT2D eigenvalue weighted by Crippen LogP contribution is -2.32. The van der Waals surface area contributed by atoms with Crippen molar-refractivity contribution in [3.05, 3.63) is 59.2 Å². The predicted molar refractivity (Wildman–Crippen MR) is 139 cm³/mol. The normalized spacial score (nSPS) is 17.2. The highest BCUT2D eigenvalue weighted by atomic mass is 16.5. The van der Waals surface area contributed by atoms with Crippen LogP contribution in [0.15, 0.2) is 48.0 Å². The highest BCUT2D eigenvalue weighted by Crippen LogP contribution is 2.43. The van der Waals surface area contributed by atoms with E-state index in [0.717, 1.165) is 6.54 Å². The van der Waals surface area contributed by atoms with Crippen molar-refractivity contribution in [2.24, 2.45) is 5.92 Å². The molecule has 0 unspecified atom stereocenters. The van der Waals surface area contributed by atoms with Gasteiger partial charge in [0, 0.05) is 23.7 Å².